The number of methoxy groups -OCH3 is 1. The molecule has 2 N–H and O–H groups in total. The molecule has 0 amide bonds. The molecule has 0 aliphatic rings. The fourth-order valence-corrected chi connectivity index (χ4v) is 2.06. The number of nitrogens with two attached hydrogens (primary N) is 1. The lowest BCUT2D eigenvalue weighted by molar-refractivity contribution is 0.254. The zero-order valence-electron chi connectivity index (χ0n) is 12.2. The maximum Gasteiger partial charge on any atom is 0.161 e. The van der Waals surface area contributed by atoms with Crippen molar-refractivity contribution in [1.29, 1.82) is 0 Å². The van der Waals surface area contributed by atoms with Crippen molar-refractivity contribution in [2.24, 2.45) is 5.73 Å². The van der Waals surface area contributed by atoms with Crippen molar-refractivity contribution in [2.45, 2.75) is 33.4 Å². The molecule has 0 aliphatic heterocycles. The Morgan fingerprint density at radius 2 is 2.00 bits per heavy atom. The van der Waals surface area contributed by atoms with E-state index in [2.05, 4.69) is 6.92 Å². The molecule has 0 spiro atoms. The summed E-state index contributed by atoms with van der Waals surface area (Å²) in [6.45, 7) is 4.85. The van der Waals surface area contributed by atoms with Crippen LogP contribution < -0.4 is 15.2 Å². The molecule has 2 rings (SSSR count). The highest BCUT2D eigenvalue weighted by Crippen LogP contribution is 2.29. The van der Waals surface area contributed by atoms with Crippen molar-refractivity contribution < 1.29 is 13.9 Å². The Morgan fingerprint density at radius 3 is 2.60 bits per heavy atom. The van der Waals surface area contributed by atoms with Crippen molar-refractivity contribution in [1.82, 2.24) is 0 Å². The lowest BCUT2D eigenvalue weighted by Crippen LogP contribution is -1.98. The van der Waals surface area contributed by atoms with Gasteiger partial charge in [0.1, 0.15) is 18.1 Å². The highest BCUT2D eigenvalue weighted by molar-refractivity contribution is 5.43. The minimum atomic E-state index is 0.364. The van der Waals surface area contributed by atoms with Gasteiger partial charge in [-0.05, 0) is 37.1 Å². The highest BCUT2D eigenvalue weighted by atomic mass is 16.5. The van der Waals surface area contributed by atoms with Crippen molar-refractivity contribution >= 4 is 0 Å². The predicted molar refractivity (Wildman–Crippen MR) is 78.0 cm³/mol. The Morgan fingerprint density at radius 1 is 1.20 bits per heavy atom. The van der Waals surface area contributed by atoms with Crippen molar-refractivity contribution in [3.8, 4) is 11.5 Å². The first-order chi connectivity index (χ1) is 9.67. The molecular weight excluding hydrogens is 254 g/mol. The van der Waals surface area contributed by atoms with Gasteiger partial charge in [-0.15, -0.1) is 0 Å². The second kappa shape index (κ2) is 6.48. The molecule has 0 unspecified atom stereocenters. The summed E-state index contributed by atoms with van der Waals surface area (Å²) in [5.74, 6) is 3.07. The van der Waals surface area contributed by atoms with Crippen LogP contribution in [0.3, 0.4) is 0 Å². The highest BCUT2D eigenvalue weighted by Gasteiger charge is 2.09. The third kappa shape index (κ3) is 3.14. The van der Waals surface area contributed by atoms with Gasteiger partial charge in [-0.1, -0.05) is 13.0 Å². The van der Waals surface area contributed by atoms with Gasteiger partial charge in [-0.3, -0.25) is 0 Å². The maximum atomic E-state index is 5.77. The molecular formula is C16H21NO3. The Balaban J connectivity index is 2.09. The molecule has 108 valence electrons. The predicted octanol–water partition coefficient (Wildman–Crippen LogP) is 3.20. The Labute approximate surface area is 119 Å². The van der Waals surface area contributed by atoms with E-state index in [1.54, 1.807) is 7.11 Å². The fourth-order valence-electron chi connectivity index (χ4n) is 2.06. The van der Waals surface area contributed by atoms with Gasteiger partial charge >= 0.3 is 0 Å². The summed E-state index contributed by atoms with van der Waals surface area (Å²) in [5, 5.41) is 0. The molecule has 1 aromatic carbocycles. The lowest BCUT2D eigenvalue weighted by atomic mass is 10.1. The molecule has 20 heavy (non-hydrogen) atoms. The molecule has 4 heteroatoms. The van der Waals surface area contributed by atoms with Crippen molar-refractivity contribution in [3.63, 3.8) is 0 Å². The summed E-state index contributed by atoms with van der Waals surface area (Å²) in [4.78, 5) is 0. The normalized spacial score (nSPS) is 10.6. The first-order valence-corrected chi connectivity index (χ1v) is 6.75. The Hall–Kier alpha value is -1.94. The molecule has 0 saturated carbocycles. The van der Waals surface area contributed by atoms with Crippen LogP contribution in [0.25, 0.3) is 0 Å². The van der Waals surface area contributed by atoms with Crippen LogP contribution in [0.5, 0.6) is 11.5 Å². The van der Waals surface area contributed by atoms with Crippen LogP contribution in [0.4, 0.5) is 0 Å². The summed E-state index contributed by atoms with van der Waals surface area (Å²) < 4.78 is 16.7. The zero-order valence-corrected chi connectivity index (χ0v) is 12.2. The van der Waals surface area contributed by atoms with Crippen molar-refractivity contribution in [2.75, 3.05) is 7.11 Å². The molecule has 2 aromatic rings. The molecule has 0 aliphatic carbocycles. The fraction of sp³-hybridized carbons (Fsp3) is 0.375. The Kier molecular flexibility index (Phi) is 4.69. The first kappa shape index (κ1) is 14.5. The van der Waals surface area contributed by atoms with E-state index in [4.69, 9.17) is 19.6 Å². The maximum absolute atomic E-state index is 5.77. The minimum absolute atomic E-state index is 0.364. The van der Waals surface area contributed by atoms with Crippen LogP contribution in [0, 0.1) is 6.92 Å². The molecule has 0 fully saturated rings. The van der Waals surface area contributed by atoms with Gasteiger partial charge in [0, 0.05) is 12.1 Å². The smallest absolute Gasteiger partial charge is 0.161 e. The number of ether oxygens (including phenoxy) is 2. The quantitative estimate of drug-likeness (QED) is 0.879. The molecule has 1 heterocycles. The molecule has 0 atom stereocenters. The van der Waals surface area contributed by atoms with E-state index in [1.165, 1.54) is 5.56 Å². The summed E-state index contributed by atoms with van der Waals surface area (Å²) in [5.41, 5.74) is 7.86. The second-order valence-electron chi connectivity index (χ2n) is 4.63. The number of rotatable bonds is 6. The number of hydrogen-bond donors (Lipinski definition) is 1. The van der Waals surface area contributed by atoms with Gasteiger partial charge in [0.05, 0.1) is 7.11 Å². The first-order valence-electron chi connectivity index (χ1n) is 6.75. The lowest BCUT2D eigenvalue weighted by Gasteiger charge is -2.10. The molecule has 0 saturated heterocycles. The monoisotopic (exact) mass is 275 g/mol. The number of furan rings is 1. The van der Waals surface area contributed by atoms with Crippen LogP contribution >= 0.6 is 0 Å². The summed E-state index contributed by atoms with van der Waals surface area (Å²) in [6.07, 6.45) is 0.966. The van der Waals surface area contributed by atoms with Gasteiger partial charge < -0.3 is 19.6 Å². The average molecular weight is 275 g/mol. The minimum Gasteiger partial charge on any atom is -0.493 e. The third-order valence-electron chi connectivity index (χ3n) is 3.30. The standard InChI is InChI=1S/C16H21NO3/c1-4-12-5-6-15(16(7-12)18-3)19-10-14-8-13(9-17)11(2)20-14/h5-8H,4,9-10,17H2,1-3H3. The van der Waals surface area contributed by atoms with Crippen LogP contribution in [-0.4, -0.2) is 7.11 Å². The van der Waals surface area contributed by atoms with Crippen LogP contribution in [-0.2, 0) is 19.6 Å². The molecule has 4 nitrogen and oxygen atoms in total. The van der Waals surface area contributed by atoms with E-state index >= 15 is 0 Å². The van der Waals surface area contributed by atoms with Gasteiger partial charge in [-0.25, -0.2) is 0 Å². The summed E-state index contributed by atoms with van der Waals surface area (Å²) in [7, 11) is 1.64. The third-order valence-corrected chi connectivity index (χ3v) is 3.30. The molecule has 0 radical (unpaired) electrons. The van der Waals surface area contributed by atoms with E-state index < -0.39 is 0 Å². The number of benzene rings is 1. The van der Waals surface area contributed by atoms with E-state index in [9.17, 15) is 0 Å². The summed E-state index contributed by atoms with van der Waals surface area (Å²) >= 11 is 0. The van der Waals surface area contributed by atoms with Gasteiger partial charge in [-0.2, -0.15) is 0 Å². The SMILES string of the molecule is CCc1ccc(OCc2cc(CN)c(C)o2)c(OC)c1. The van der Waals surface area contributed by atoms with Crippen molar-refractivity contribution in [3.05, 3.63) is 46.9 Å². The van der Waals surface area contributed by atoms with Gasteiger partial charge in [0.15, 0.2) is 11.5 Å². The van der Waals surface area contributed by atoms with Crippen LogP contribution in [0.15, 0.2) is 28.7 Å². The summed E-state index contributed by atoms with van der Waals surface area (Å²) in [6, 6.07) is 7.89. The van der Waals surface area contributed by atoms with Gasteiger partial charge in [0.2, 0.25) is 0 Å². The van der Waals surface area contributed by atoms with E-state index in [0.717, 1.165) is 29.3 Å². The van der Waals surface area contributed by atoms with Crippen LogP contribution in [0.2, 0.25) is 0 Å². The topological polar surface area (TPSA) is 57.6 Å². The largest absolute Gasteiger partial charge is 0.493 e. The van der Waals surface area contributed by atoms with Crippen LogP contribution in [0.1, 0.15) is 29.6 Å². The zero-order chi connectivity index (χ0) is 14.5. The number of aryl methyl sites for hydroxylation is 2. The van der Waals surface area contributed by atoms with E-state index in [-0.39, 0.29) is 0 Å². The Bertz CT molecular complexity index is 575. The second-order valence-corrected chi connectivity index (χ2v) is 4.63. The molecule has 0 bridgehead atoms. The van der Waals surface area contributed by atoms with E-state index in [0.29, 0.717) is 18.9 Å². The number of hydrogen-bond acceptors (Lipinski definition) is 4. The molecule has 1 aromatic heterocycles. The average Bonchev–Trinajstić information content (AvgIpc) is 2.85. The van der Waals surface area contributed by atoms with Gasteiger partial charge in [0.25, 0.3) is 0 Å². The van der Waals surface area contributed by atoms with E-state index in [1.807, 2.05) is 31.2 Å².